The Bertz CT molecular complexity index is 1450. The minimum absolute atomic E-state index is 0.00511. The van der Waals surface area contributed by atoms with Crippen molar-refractivity contribution in [2.24, 2.45) is 0 Å². The Balaban J connectivity index is 1.52. The smallest absolute Gasteiger partial charge is 0.246 e. The van der Waals surface area contributed by atoms with Gasteiger partial charge in [-0.25, -0.2) is 23.4 Å². The molecule has 3 heterocycles. The number of sulfone groups is 1. The molecule has 11 heteroatoms. The normalized spacial score (nSPS) is 15.7. The number of aromatic nitrogens is 6. The molecular formula is C23H25N7O3S. The number of ether oxygens (including phenoxy) is 1. The molecule has 1 N–H and O–H groups in total. The Hall–Kier alpha value is -3.60. The number of pyridine rings is 1. The molecule has 1 atom stereocenters. The van der Waals surface area contributed by atoms with Crippen LogP contribution in [0.25, 0.3) is 22.3 Å². The SMILES string of the molecule is C[C@H](Cn1cncn1)Nc1nc(OC2(C)CC2)c2nc(-c3cccc(S(C)(=O)=O)c3)ccc2n1. The minimum Gasteiger partial charge on any atom is -0.470 e. The van der Waals surface area contributed by atoms with Crippen LogP contribution in [0.1, 0.15) is 26.7 Å². The van der Waals surface area contributed by atoms with Crippen LogP contribution in [0.4, 0.5) is 5.95 Å². The third-order valence-electron chi connectivity index (χ3n) is 5.67. The zero-order valence-corrected chi connectivity index (χ0v) is 20.0. The van der Waals surface area contributed by atoms with Crippen molar-refractivity contribution in [3.8, 4) is 17.1 Å². The van der Waals surface area contributed by atoms with E-state index in [4.69, 9.17) is 9.72 Å². The van der Waals surface area contributed by atoms with E-state index in [-0.39, 0.29) is 16.5 Å². The summed E-state index contributed by atoms with van der Waals surface area (Å²) in [5.74, 6) is 0.842. The van der Waals surface area contributed by atoms with Crippen LogP contribution < -0.4 is 10.1 Å². The zero-order chi connectivity index (χ0) is 23.9. The van der Waals surface area contributed by atoms with Gasteiger partial charge in [0.05, 0.1) is 22.7 Å². The van der Waals surface area contributed by atoms with Gasteiger partial charge in [-0.1, -0.05) is 12.1 Å². The number of hydrogen-bond acceptors (Lipinski definition) is 9. The number of nitrogens with one attached hydrogen (secondary N) is 1. The summed E-state index contributed by atoms with van der Waals surface area (Å²) < 4.78 is 32.0. The van der Waals surface area contributed by atoms with E-state index >= 15 is 0 Å². The molecule has 176 valence electrons. The highest BCUT2D eigenvalue weighted by atomic mass is 32.2. The Morgan fingerprint density at radius 3 is 2.71 bits per heavy atom. The fourth-order valence-corrected chi connectivity index (χ4v) is 4.22. The molecule has 0 amide bonds. The predicted octanol–water partition coefficient (Wildman–Crippen LogP) is 3.12. The van der Waals surface area contributed by atoms with Crippen LogP contribution in [0.2, 0.25) is 0 Å². The van der Waals surface area contributed by atoms with Crippen LogP contribution in [-0.4, -0.2) is 56.0 Å². The molecule has 1 aromatic carbocycles. The molecule has 0 unspecified atom stereocenters. The highest BCUT2D eigenvalue weighted by Crippen LogP contribution is 2.41. The van der Waals surface area contributed by atoms with Gasteiger partial charge in [0.15, 0.2) is 15.4 Å². The molecular weight excluding hydrogens is 454 g/mol. The highest BCUT2D eigenvalue weighted by molar-refractivity contribution is 7.90. The van der Waals surface area contributed by atoms with Crippen LogP contribution >= 0.6 is 0 Å². The van der Waals surface area contributed by atoms with Gasteiger partial charge < -0.3 is 10.1 Å². The number of hydrogen-bond donors (Lipinski definition) is 1. The van der Waals surface area contributed by atoms with Crippen molar-refractivity contribution in [3.05, 3.63) is 49.1 Å². The van der Waals surface area contributed by atoms with Gasteiger partial charge in [0.1, 0.15) is 18.3 Å². The molecule has 0 bridgehead atoms. The third-order valence-corrected chi connectivity index (χ3v) is 6.78. The second-order valence-corrected chi connectivity index (χ2v) is 10.9. The molecule has 4 aromatic rings. The maximum Gasteiger partial charge on any atom is 0.246 e. The predicted molar refractivity (Wildman–Crippen MR) is 127 cm³/mol. The quantitative estimate of drug-likeness (QED) is 0.406. The summed E-state index contributed by atoms with van der Waals surface area (Å²) in [5.41, 5.74) is 2.21. The van der Waals surface area contributed by atoms with E-state index in [2.05, 4.69) is 25.4 Å². The maximum absolute atomic E-state index is 12.0. The topological polar surface area (TPSA) is 125 Å². The van der Waals surface area contributed by atoms with Crippen molar-refractivity contribution in [2.45, 2.75) is 49.8 Å². The molecule has 1 fully saturated rings. The summed E-state index contributed by atoms with van der Waals surface area (Å²) in [7, 11) is -3.33. The van der Waals surface area contributed by atoms with Gasteiger partial charge in [0.2, 0.25) is 11.8 Å². The maximum atomic E-state index is 12.0. The van der Waals surface area contributed by atoms with Gasteiger partial charge in [-0.3, -0.25) is 4.68 Å². The zero-order valence-electron chi connectivity index (χ0n) is 19.1. The van der Waals surface area contributed by atoms with Crippen molar-refractivity contribution in [1.29, 1.82) is 0 Å². The van der Waals surface area contributed by atoms with E-state index in [1.165, 1.54) is 12.6 Å². The molecule has 0 saturated heterocycles. The summed E-state index contributed by atoms with van der Waals surface area (Å²) in [4.78, 5) is 18.3. The monoisotopic (exact) mass is 479 g/mol. The fraction of sp³-hybridized carbons (Fsp3) is 0.348. The van der Waals surface area contributed by atoms with Gasteiger partial charge in [0.25, 0.3) is 0 Å². The molecule has 10 nitrogen and oxygen atoms in total. The Kier molecular flexibility index (Phi) is 5.43. The number of fused-ring (bicyclic) bond motifs is 1. The third kappa shape index (κ3) is 4.84. The molecule has 1 saturated carbocycles. The lowest BCUT2D eigenvalue weighted by atomic mass is 10.1. The van der Waals surface area contributed by atoms with Crippen molar-refractivity contribution in [3.63, 3.8) is 0 Å². The van der Waals surface area contributed by atoms with E-state index < -0.39 is 9.84 Å². The molecule has 5 rings (SSSR count). The van der Waals surface area contributed by atoms with Crippen LogP contribution in [0.5, 0.6) is 5.88 Å². The lowest BCUT2D eigenvalue weighted by Gasteiger charge is -2.17. The first-order valence-electron chi connectivity index (χ1n) is 11.0. The van der Waals surface area contributed by atoms with E-state index in [1.54, 1.807) is 29.2 Å². The summed E-state index contributed by atoms with van der Waals surface area (Å²) in [5, 5.41) is 7.44. The average Bonchev–Trinajstić information content (AvgIpc) is 3.28. The first kappa shape index (κ1) is 22.2. The Morgan fingerprint density at radius 1 is 1.18 bits per heavy atom. The molecule has 0 spiro atoms. The first-order chi connectivity index (χ1) is 16.2. The van der Waals surface area contributed by atoms with E-state index in [1.807, 2.05) is 32.0 Å². The fourth-order valence-electron chi connectivity index (χ4n) is 3.56. The van der Waals surface area contributed by atoms with Crippen LogP contribution in [-0.2, 0) is 16.4 Å². The largest absolute Gasteiger partial charge is 0.470 e. The summed E-state index contributed by atoms with van der Waals surface area (Å²) in [6.07, 6.45) is 6.23. The first-order valence-corrected chi connectivity index (χ1v) is 12.8. The molecule has 0 radical (unpaired) electrons. The van der Waals surface area contributed by atoms with Gasteiger partial charge in [-0.05, 0) is 51.0 Å². The molecule has 1 aliphatic rings. The summed E-state index contributed by atoms with van der Waals surface area (Å²) in [6.45, 7) is 4.65. The Morgan fingerprint density at radius 2 is 2.00 bits per heavy atom. The highest BCUT2D eigenvalue weighted by Gasteiger charge is 2.41. The summed E-state index contributed by atoms with van der Waals surface area (Å²) in [6, 6.07) is 10.4. The van der Waals surface area contributed by atoms with Crippen molar-refractivity contribution >= 4 is 26.8 Å². The number of rotatable bonds is 8. The second-order valence-electron chi connectivity index (χ2n) is 8.93. The van der Waals surface area contributed by atoms with Gasteiger partial charge in [-0.15, -0.1) is 0 Å². The van der Waals surface area contributed by atoms with Gasteiger partial charge in [0, 0.05) is 17.9 Å². The van der Waals surface area contributed by atoms with E-state index in [0.29, 0.717) is 40.7 Å². The Labute approximate surface area is 197 Å². The van der Waals surface area contributed by atoms with Crippen LogP contribution in [0, 0.1) is 0 Å². The van der Waals surface area contributed by atoms with Crippen LogP contribution in [0.15, 0.2) is 53.9 Å². The van der Waals surface area contributed by atoms with Crippen molar-refractivity contribution < 1.29 is 13.2 Å². The van der Waals surface area contributed by atoms with Gasteiger partial charge >= 0.3 is 0 Å². The number of nitrogens with zero attached hydrogens (tertiary/aromatic N) is 6. The standard InChI is InChI=1S/C23H25N7O3S/c1-15(12-30-14-24-13-25-30)26-22-28-19-8-7-18(16-5-4-6-17(11-16)34(3,31)32)27-20(19)21(29-22)33-23(2)9-10-23/h4-8,11,13-15H,9-10,12H2,1-3H3,(H,26,28,29)/t15-/m1/s1. The van der Waals surface area contributed by atoms with Gasteiger partial charge in [-0.2, -0.15) is 10.1 Å². The number of benzene rings is 1. The lowest BCUT2D eigenvalue weighted by Crippen LogP contribution is -2.24. The van der Waals surface area contributed by atoms with E-state index in [9.17, 15) is 8.42 Å². The molecule has 34 heavy (non-hydrogen) atoms. The average molecular weight is 480 g/mol. The molecule has 1 aliphatic carbocycles. The minimum atomic E-state index is -3.33. The van der Waals surface area contributed by atoms with E-state index in [0.717, 1.165) is 12.8 Å². The summed E-state index contributed by atoms with van der Waals surface area (Å²) >= 11 is 0. The van der Waals surface area contributed by atoms with Crippen molar-refractivity contribution in [1.82, 2.24) is 29.7 Å². The second kappa shape index (κ2) is 8.32. The number of anilines is 1. The lowest BCUT2D eigenvalue weighted by molar-refractivity contribution is 0.194. The molecule has 3 aromatic heterocycles. The van der Waals surface area contributed by atoms with Crippen molar-refractivity contribution in [2.75, 3.05) is 11.6 Å². The van der Waals surface area contributed by atoms with Crippen LogP contribution in [0.3, 0.4) is 0 Å². The molecule has 0 aliphatic heterocycles.